The first kappa shape index (κ1) is 14.7. The van der Waals surface area contributed by atoms with Crippen molar-refractivity contribution in [2.45, 2.75) is 26.1 Å². The molecule has 0 aromatic heterocycles. The van der Waals surface area contributed by atoms with Crippen LogP contribution >= 0.6 is 0 Å². The van der Waals surface area contributed by atoms with Crippen LogP contribution in [0, 0.1) is 5.92 Å². The van der Waals surface area contributed by atoms with Crippen molar-refractivity contribution in [2.24, 2.45) is 5.92 Å². The van der Waals surface area contributed by atoms with Gasteiger partial charge in [-0.3, -0.25) is 4.79 Å². The molecule has 1 aromatic rings. The number of hydrogen-bond donors (Lipinski definition) is 1. The average Bonchev–Trinajstić information content (AvgIpc) is 2.41. The maximum absolute atomic E-state index is 12.3. The smallest absolute Gasteiger partial charge is 0.387 e. The van der Waals surface area contributed by atoms with E-state index >= 15 is 0 Å². The van der Waals surface area contributed by atoms with E-state index in [1.165, 1.54) is 23.1 Å². The molecule has 1 amide bonds. The predicted octanol–water partition coefficient (Wildman–Crippen LogP) is 2.13. The molecule has 2 atom stereocenters. The van der Waals surface area contributed by atoms with E-state index in [1.807, 2.05) is 6.92 Å². The number of likely N-dealkylation sites (tertiary alicyclic amines) is 1. The fourth-order valence-corrected chi connectivity index (χ4v) is 2.25. The molecule has 1 aliphatic heterocycles. The second-order valence-corrected chi connectivity index (χ2v) is 4.96. The Labute approximate surface area is 116 Å². The number of para-hydroxylation sites is 1. The van der Waals surface area contributed by atoms with E-state index in [0.29, 0.717) is 13.0 Å². The van der Waals surface area contributed by atoms with Crippen LogP contribution in [-0.4, -0.2) is 41.7 Å². The second kappa shape index (κ2) is 6.17. The van der Waals surface area contributed by atoms with Gasteiger partial charge in [-0.25, -0.2) is 0 Å². The molecule has 20 heavy (non-hydrogen) atoms. The van der Waals surface area contributed by atoms with Crippen LogP contribution in [0.3, 0.4) is 0 Å². The molecule has 1 heterocycles. The number of hydrogen-bond acceptors (Lipinski definition) is 3. The number of β-amino-alcohol motifs (C(OH)–C–C–N with tert-alkyl or cyclic N) is 1. The standard InChI is InChI=1S/C14H17F2NO3/c1-9-6-7-17(8-11(9)18)13(19)10-4-2-3-5-12(10)20-14(15)16/h2-5,9,11,14,18H,6-8H2,1H3. The zero-order valence-electron chi connectivity index (χ0n) is 11.1. The molecule has 0 bridgehead atoms. The van der Waals surface area contributed by atoms with Crippen molar-refractivity contribution in [1.82, 2.24) is 4.90 Å². The van der Waals surface area contributed by atoms with E-state index in [2.05, 4.69) is 4.74 Å². The number of ether oxygens (including phenoxy) is 1. The Morgan fingerprint density at radius 2 is 2.15 bits per heavy atom. The Balaban J connectivity index is 2.17. The minimum absolute atomic E-state index is 0.0922. The van der Waals surface area contributed by atoms with Gasteiger partial charge in [0.2, 0.25) is 0 Å². The van der Waals surface area contributed by atoms with E-state index < -0.39 is 18.6 Å². The molecule has 1 aliphatic rings. The fourth-order valence-electron chi connectivity index (χ4n) is 2.25. The van der Waals surface area contributed by atoms with Gasteiger partial charge in [-0.15, -0.1) is 0 Å². The Bertz CT molecular complexity index is 481. The first-order valence-electron chi connectivity index (χ1n) is 6.50. The van der Waals surface area contributed by atoms with Crippen LogP contribution in [0.2, 0.25) is 0 Å². The minimum Gasteiger partial charge on any atom is -0.434 e. The number of carbonyl (C=O) groups is 1. The number of piperidine rings is 1. The maximum atomic E-state index is 12.3. The monoisotopic (exact) mass is 285 g/mol. The Morgan fingerprint density at radius 3 is 2.80 bits per heavy atom. The Kier molecular flexibility index (Phi) is 4.54. The Hall–Kier alpha value is -1.69. The number of amides is 1. The van der Waals surface area contributed by atoms with Gasteiger partial charge in [0.15, 0.2) is 0 Å². The largest absolute Gasteiger partial charge is 0.434 e. The molecule has 1 aromatic carbocycles. The van der Waals surface area contributed by atoms with Gasteiger partial charge in [0.1, 0.15) is 5.75 Å². The lowest BCUT2D eigenvalue weighted by atomic mass is 9.95. The molecule has 1 fully saturated rings. The van der Waals surface area contributed by atoms with Gasteiger partial charge in [-0.05, 0) is 24.5 Å². The molecule has 0 saturated carbocycles. The number of carbonyl (C=O) groups excluding carboxylic acids is 1. The summed E-state index contributed by atoms with van der Waals surface area (Å²) in [5, 5.41) is 9.81. The van der Waals surface area contributed by atoms with Crippen molar-refractivity contribution in [2.75, 3.05) is 13.1 Å². The van der Waals surface area contributed by atoms with Crippen LogP contribution in [0.15, 0.2) is 24.3 Å². The summed E-state index contributed by atoms with van der Waals surface area (Å²) >= 11 is 0. The van der Waals surface area contributed by atoms with Crippen molar-refractivity contribution in [3.63, 3.8) is 0 Å². The van der Waals surface area contributed by atoms with Gasteiger partial charge in [-0.1, -0.05) is 19.1 Å². The molecule has 2 rings (SSSR count). The summed E-state index contributed by atoms with van der Waals surface area (Å²) in [6, 6.07) is 5.91. The number of benzene rings is 1. The highest BCUT2D eigenvalue weighted by atomic mass is 19.3. The quantitative estimate of drug-likeness (QED) is 0.925. The number of halogens is 2. The summed E-state index contributed by atoms with van der Waals surface area (Å²) in [6.07, 6.45) is 0.0981. The third-order valence-electron chi connectivity index (χ3n) is 3.54. The summed E-state index contributed by atoms with van der Waals surface area (Å²) < 4.78 is 29.0. The van der Waals surface area contributed by atoms with Gasteiger partial charge in [0.25, 0.3) is 5.91 Å². The summed E-state index contributed by atoms with van der Waals surface area (Å²) in [4.78, 5) is 13.8. The van der Waals surface area contributed by atoms with Crippen molar-refractivity contribution in [3.8, 4) is 5.75 Å². The number of aliphatic hydroxyl groups is 1. The lowest BCUT2D eigenvalue weighted by Gasteiger charge is -2.34. The Morgan fingerprint density at radius 1 is 1.45 bits per heavy atom. The zero-order chi connectivity index (χ0) is 14.7. The number of rotatable bonds is 3. The van der Waals surface area contributed by atoms with E-state index in [0.717, 1.165) is 0 Å². The summed E-state index contributed by atoms with van der Waals surface area (Å²) in [6.45, 7) is -0.348. The first-order valence-corrected chi connectivity index (χ1v) is 6.50. The zero-order valence-corrected chi connectivity index (χ0v) is 11.1. The molecule has 0 aliphatic carbocycles. The van der Waals surface area contributed by atoms with Gasteiger partial charge < -0.3 is 14.7 Å². The predicted molar refractivity (Wildman–Crippen MR) is 68.8 cm³/mol. The van der Waals surface area contributed by atoms with E-state index in [-0.39, 0.29) is 23.8 Å². The first-order chi connectivity index (χ1) is 9.49. The average molecular weight is 285 g/mol. The van der Waals surface area contributed by atoms with Crippen LogP contribution in [-0.2, 0) is 0 Å². The third-order valence-corrected chi connectivity index (χ3v) is 3.54. The summed E-state index contributed by atoms with van der Waals surface area (Å²) in [5.41, 5.74) is 0.0922. The van der Waals surface area contributed by atoms with Crippen molar-refractivity contribution < 1.29 is 23.4 Å². The van der Waals surface area contributed by atoms with Crippen LogP contribution in [0.5, 0.6) is 5.75 Å². The molecular weight excluding hydrogens is 268 g/mol. The highest BCUT2D eigenvalue weighted by molar-refractivity contribution is 5.97. The molecule has 0 spiro atoms. The summed E-state index contributed by atoms with van der Waals surface area (Å²) in [5.74, 6) is -0.403. The fraction of sp³-hybridized carbons (Fsp3) is 0.500. The molecule has 6 heteroatoms. The van der Waals surface area contributed by atoms with Gasteiger partial charge in [-0.2, -0.15) is 8.78 Å². The van der Waals surface area contributed by atoms with Gasteiger partial charge >= 0.3 is 6.61 Å². The summed E-state index contributed by atoms with van der Waals surface area (Å²) in [7, 11) is 0. The van der Waals surface area contributed by atoms with Crippen molar-refractivity contribution in [3.05, 3.63) is 29.8 Å². The van der Waals surface area contributed by atoms with Crippen molar-refractivity contribution in [1.29, 1.82) is 0 Å². The van der Waals surface area contributed by atoms with E-state index in [9.17, 15) is 18.7 Å². The van der Waals surface area contributed by atoms with Crippen LogP contribution in [0.4, 0.5) is 8.78 Å². The minimum atomic E-state index is -2.98. The SMILES string of the molecule is CC1CCN(C(=O)c2ccccc2OC(F)F)CC1O. The number of nitrogens with zero attached hydrogens (tertiary/aromatic N) is 1. The molecule has 1 N–H and O–H groups in total. The van der Waals surface area contributed by atoms with E-state index in [1.54, 1.807) is 6.07 Å². The second-order valence-electron chi connectivity index (χ2n) is 4.96. The normalized spacial score (nSPS) is 22.9. The van der Waals surface area contributed by atoms with E-state index in [4.69, 9.17) is 0 Å². The molecule has 1 saturated heterocycles. The van der Waals surface area contributed by atoms with Crippen LogP contribution in [0.25, 0.3) is 0 Å². The third kappa shape index (κ3) is 3.25. The van der Waals surface area contributed by atoms with Crippen molar-refractivity contribution >= 4 is 5.91 Å². The molecule has 110 valence electrons. The van der Waals surface area contributed by atoms with Crippen LogP contribution in [0.1, 0.15) is 23.7 Å². The molecule has 2 unspecified atom stereocenters. The van der Waals surface area contributed by atoms with Gasteiger partial charge in [0, 0.05) is 13.1 Å². The maximum Gasteiger partial charge on any atom is 0.387 e. The molecule has 0 radical (unpaired) electrons. The lowest BCUT2D eigenvalue weighted by molar-refractivity contribution is -0.0504. The molecular formula is C14H17F2NO3. The lowest BCUT2D eigenvalue weighted by Crippen LogP contribution is -2.45. The molecule has 4 nitrogen and oxygen atoms in total. The number of alkyl halides is 2. The highest BCUT2D eigenvalue weighted by Gasteiger charge is 2.29. The number of aliphatic hydroxyl groups excluding tert-OH is 1. The van der Waals surface area contributed by atoms with Gasteiger partial charge in [0.05, 0.1) is 11.7 Å². The highest BCUT2D eigenvalue weighted by Crippen LogP contribution is 2.24. The van der Waals surface area contributed by atoms with Crippen LogP contribution < -0.4 is 4.74 Å². The topological polar surface area (TPSA) is 49.8 Å².